The van der Waals surface area contributed by atoms with Crippen LogP contribution in [0.1, 0.15) is 28.3 Å². The first-order valence-electron chi connectivity index (χ1n) is 13.7. The lowest BCUT2D eigenvalue weighted by Crippen LogP contribution is -2.52. The van der Waals surface area contributed by atoms with E-state index in [-0.39, 0.29) is 29.9 Å². The number of carbonyl (C=O) groups is 1. The minimum atomic E-state index is -3.95. The summed E-state index contributed by atoms with van der Waals surface area (Å²) in [6.07, 6.45) is 0. The number of benzene rings is 4. The number of rotatable bonds is 9. The zero-order valence-corrected chi connectivity index (χ0v) is 24.6. The van der Waals surface area contributed by atoms with E-state index in [9.17, 15) is 13.2 Å². The number of halogens is 1. The average molecular weight is 588 g/mol. The molecular formula is C33H34ClN3O3S. The van der Waals surface area contributed by atoms with Crippen molar-refractivity contribution in [2.45, 2.75) is 24.4 Å². The van der Waals surface area contributed by atoms with Crippen LogP contribution in [0.15, 0.2) is 114 Å². The van der Waals surface area contributed by atoms with Gasteiger partial charge in [-0.2, -0.15) is 4.31 Å². The maximum absolute atomic E-state index is 13.7. The van der Waals surface area contributed by atoms with E-state index in [2.05, 4.69) is 53.4 Å². The third-order valence-corrected chi connectivity index (χ3v) is 9.69. The summed E-state index contributed by atoms with van der Waals surface area (Å²) in [5.74, 6) is -0.202. The summed E-state index contributed by atoms with van der Waals surface area (Å²) in [6, 6.07) is 34.6. The normalized spacial score (nSPS) is 14.5. The molecule has 1 amide bonds. The van der Waals surface area contributed by atoms with Crippen molar-refractivity contribution in [3.05, 3.63) is 136 Å². The molecule has 6 nitrogen and oxygen atoms in total. The molecule has 8 heteroatoms. The molecule has 0 saturated carbocycles. The molecule has 0 atom stereocenters. The van der Waals surface area contributed by atoms with Gasteiger partial charge in [-0.05, 0) is 53.4 Å². The van der Waals surface area contributed by atoms with Crippen molar-refractivity contribution in [2.75, 3.05) is 32.7 Å². The van der Waals surface area contributed by atoms with Crippen LogP contribution in [0.5, 0.6) is 0 Å². The van der Waals surface area contributed by atoms with Crippen LogP contribution < -0.4 is 0 Å². The van der Waals surface area contributed by atoms with Crippen molar-refractivity contribution in [1.29, 1.82) is 0 Å². The lowest BCUT2D eigenvalue weighted by molar-refractivity contribution is -0.133. The molecule has 0 unspecified atom stereocenters. The monoisotopic (exact) mass is 587 g/mol. The lowest BCUT2D eigenvalue weighted by atomic mass is 9.96. The van der Waals surface area contributed by atoms with E-state index in [1.165, 1.54) is 27.6 Å². The number of aryl methyl sites for hydroxylation is 1. The van der Waals surface area contributed by atoms with Crippen LogP contribution in [0.3, 0.4) is 0 Å². The van der Waals surface area contributed by atoms with Crippen molar-refractivity contribution < 1.29 is 13.2 Å². The van der Waals surface area contributed by atoms with Crippen molar-refractivity contribution >= 4 is 27.5 Å². The van der Waals surface area contributed by atoms with Gasteiger partial charge >= 0.3 is 0 Å². The number of amides is 1. The first-order valence-corrected chi connectivity index (χ1v) is 15.6. The topological polar surface area (TPSA) is 60.9 Å². The second kappa shape index (κ2) is 13.0. The predicted octanol–water partition coefficient (Wildman–Crippen LogP) is 5.77. The van der Waals surface area contributed by atoms with Crippen molar-refractivity contribution in [3.63, 3.8) is 0 Å². The molecule has 41 heavy (non-hydrogen) atoms. The quantitative estimate of drug-likeness (QED) is 0.249. The van der Waals surface area contributed by atoms with Gasteiger partial charge in [-0.25, -0.2) is 8.42 Å². The molecular weight excluding hydrogens is 554 g/mol. The summed E-state index contributed by atoms with van der Waals surface area (Å²) >= 11 is 6.02. The number of hydrogen-bond donors (Lipinski definition) is 0. The third-order valence-electron chi connectivity index (χ3n) is 7.63. The largest absolute Gasteiger partial charge is 0.339 e. The number of hydrogen-bond acceptors (Lipinski definition) is 4. The van der Waals surface area contributed by atoms with Crippen LogP contribution in [-0.2, 0) is 21.4 Å². The second-order valence-electron chi connectivity index (χ2n) is 10.3. The maximum Gasteiger partial charge on any atom is 0.243 e. The smallest absolute Gasteiger partial charge is 0.243 e. The van der Waals surface area contributed by atoms with E-state index >= 15 is 0 Å². The number of carbonyl (C=O) groups excluding carboxylic acids is 1. The zero-order valence-electron chi connectivity index (χ0n) is 23.1. The Balaban J connectivity index is 1.33. The highest BCUT2D eigenvalue weighted by molar-refractivity contribution is 7.89. The van der Waals surface area contributed by atoms with Crippen molar-refractivity contribution in [1.82, 2.24) is 14.1 Å². The minimum absolute atomic E-state index is 0.0810. The fraction of sp³-hybridized carbons (Fsp3) is 0.242. The molecule has 0 N–H and O–H groups in total. The number of sulfonamides is 1. The van der Waals surface area contributed by atoms with Gasteiger partial charge < -0.3 is 4.90 Å². The molecule has 212 valence electrons. The molecule has 0 spiro atoms. The molecule has 4 aromatic carbocycles. The second-order valence-corrected chi connectivity index (χ2v) is 12.7. The van der Waals surface area contributed by atoms with Crippen LogP contribution in [0, 0.1) is 6.92 Å². The summed E-state index contributed by atoms with van der Waals surface area (Å²) in [4.78, 5) is 17.9. The molecule has 0 bridgehead atoms. The van der Waals surface area contributed by atoms with Crippen LogP contribution >= 0.6 is 11.6 Å². The number of piperazine rings is 1. The fourth-order valence-corrected chi connectivity index (χ4v) is 6.82. The average Bonchev–Trinajstić information content (AvgIpc) is 2.99. The van der Waals surface area contributed by atoms with Gasteiger partial charge in [-0.3, -0.25) is 9.69 Å². The van der Waals surface area contributed by atoms with E-state index in [0.717, 1.165) is 11.1 Å². The van der Waals surface area contributed by atoms with Gasteiger partial charge in [-0.15, -0.1) is 0 Å². The summed E-state index contributed by atoms with van der Waals surface area (Å²) in [7, 11) is -3.95. The molecule has 4 aromatic rings. The van der Waals surface area contributed by atoms with Gasteiger partial charge in [0.15, 0.2) is 0 Å². The van der Waals surface area contributed by atoms with Crippen molar-refractivity contribution in [3.8, 4) is 0 Å². The van der Waals surface area contributed by atoms with E-state index in [0.29, 0.717) is 31.2 Å². The van der Waals surface area contributed by atoms with Crippen LogP contribution in [0.2, 0.25) is 5.02 Å². The van der Waals surface area contributed by atoms with E-state index in [1.54, 1.807) is 17.0 Å². The van der Waals surface area contributed by atoms with Gasteiger partial charge in [0.2, 0.25) is 15.9 Å². The Morgan fingerprint density at radius 3 is 1.88 bits per heavy atom. The first kappa shape index (κ1) is 29.0. The highest BCUT2D eigenvalue weighted by atomic mass is 35.5. The molecule has 5 rings (SSSR count). The van der Waals surface area contributed by atoms with Gasteiger partial charge in [0.25, 0.3) is 0 Å². The predicted molar refractivity (Wildman–Crippen MR) is 163 cm³/mol. The Bertz CT molecular complexity index is 1520. The Hall–Kier alpha value is -3.49. The van der Waals surface area contributed by atoms with E-state index < -0.39 is 10.0 Å². The molecule has 1 aliphatic heterocycles. The summed E-state index contributed by atoms with van der Waals surface area (Å²) in [6.45, 7) is 4.22. The van der Waals surface area contributed by atoms with Crippen molar-refractivity contribution in [2.24, 2.45) is 0 Å². The Kier molecular flexibility index (Phi) is 9.20. The Labute approximate surface area is 247 Å². The third kappa shape index (κ3) is 6.88. The van der Waals surface area contributed by atoms with E-state index in [1.807, 2.05) is 43.3 Å². The van der Waals surface area contributed by atoms with Gasteiger partial charge in [0.1, 0.15) is 0 Å². The summed E-state index contributed by atoms with van der Waals surface area (Å²) in [5.41, 5.74) is 4.24. The number of nitrogens with zero attached hydrogens (tertiary/aromatic N) is 3. The van der Waals surface area contributed by atoms with Crippen LogP contribution in [-0.4, -0.2) is 61.2 Å². The van der Waals surface area contributed by atoms with Crippen LogP contribution in [0.4, 0.5) is 0 Å². The fourth-order valence-electron chi connectivity index (χ4n) is 5.32. The minimum Gasteiger partial charge on any atom is -0.339 e. The molecule has 1 heterocycles. The van der Waals surface area contributed by atoms with Gasteiger partial charge in [0.05, 0.1) is 17.5 Å². The highest BCUT2D eigenvalue weighted by Gasteiger charge is 2.32. The zero-order chi connectivity index (χ0) is 28.8. The molecule has 1 aliphatic rings. The molecule has 0 aromatic heterocycles. The van der Waals surface area contributed by atoms with E-state index in [4.69, 9.17) is 11.6 Å². The summed E-state index contributed by atoms with van der Waals surface area (Å²) in [5, 5.41) is 0.452. The molecule has 0 radical (unpaired) electrons. The molecule has 0 aliphatic carbocycles. The Morgan fingerprint density at radius 1 is 0.780 bits per heavy atom. The molecule has 1 fully saturated rings. The van der Waals surface area contributed by atoms with Gasteiger partial charge in [0, 0.05) is 37.7 Å². The Morgan fingerprint density at radius 2 is 1.32 bits per heavy atom. The highest BCUT2D eigenvalue weighted by Crippen LogP contribution is 2.30. The maximum atomic E-state index is 13.7. The lowest BCUT2D eigenvalue weighted by Gasteiger charge is -2.40. The molecule has 1 saturated heterocycles. The standard InChI is InChI=1S/C33H34ClN3O3S/c1-26-10-8-9-15-29(26)24-37(41(39,40)31-18-16-30(34)17-19-31)25-32(38)35-20-22-36(23-21-35)33(27-11-4-2-5-12-27)28-13-6-3-7-14-28/h2-19,33H,20-25H2,1H3. The van der Waals surface area contributed by atoms with Gasteiger partial charge in [-0.1, -0.05) is 96.5 Å². The summed E-state index contributed by atoms with van der Waals surface area (Å²) < 4.78 is 28.8. The van der Waals surface area contributed by atoms with Crippen LogP contribution in [0.25, 0.3) is 0 Å². The first-order chi connectivity index (χ1) is 19.8. The SMILES string of the molecule is Cc1ccccc1CN(CC(=O)N1CCN(C(c2ccccc2)c2ccccc2)CC1)S(=O)(=O)c1ccc(Cl)cc1.